The van der Waals surface area contributed by atoms with Gasteiger partial charge in [-0.15, -0.1) is 0 Å². The zero-order valence-electron chi connectivity index (χ0n) is 16.5. The Morgan fingerprint density at radius 1 is 1.03 bits per heavy atom. The van der Waals surface area contributed by atoms with E-state index in [1.54, 1.807) is 54.6 Å². The van der Waals surface area contributed by atoms with Crippen molar-refractivity contribution in [1.29, 1.82) is 0 Å². The number of rotatable bonds is 6. The largest absolute Gasteiger partial charge is 0.457 e. The van der Waals surface area contributed by atoms with Gasteiger partial charge in [0.1, 0.15) is 12.3 Å². The topological polar surface area (TPSA) is 106 Å². The first-order chi connectivity index (χ1) is 15.5. The minimum Gasteiger partial charge on any atom is -0.457 e. The van der Waals surface area contributed by atoms with Crippen molar-refractivity contribution >= 4 is 46.5 Å². The zero-order chi connectivity index (χ0) is 22.5. The molecular weight excluding hydrogens is 432 g/mol. The van der Waals surface area contributed by atoms with Crippen molar-refractivity contribution in [3.8, 4) is 5.75 Å². The van der Waals surface area contributed by atoms with Crippen molar-refractivity contribution in [3.05, 3.63) is 89.2 Å². The molecule has 160 valence electrons. The van der Waals surface area contributed by atoms with Crippen LogP contribution in [0.5, 0.6) is 5.75 Å². The Kier molecular flexibility index (Phi) is 6.18. The van der Waals surface area contributed by atoms with Gasteiger partial charge in [-0.05, 0) is 59.8 Å². The van der Waals surface area contributed by atoms with E-state index in [1.807, 2.05) is 6.07 Å². The highest BCUT2D eigenvalue weighted by molar-refractivity contribution is 8.18. The molecular formula is C23H16N2O6S. The van der Waals surface area contributed by atoms with E-state index < -0.39 is 29.6 Å². The number of nitrogens with one attached hydrogen (secondary N) is 1. The lowest BCUT2D eigenvalue weighted by molar-refractivity contribution is -0.127. The van der Waals surface area contributed by atoms with Gasteiger partial charge >= 0.3 is 5.97 Å². The molecule has 4 rings (SSSR count). The molecule has 0 atom stereocenters. The molecule has 1 fully saturated rings. The molecule has 1 aromatic heterocycles. The number of amides is 3. The molecule has 0 radical (unpaired) electrons. The van der Waals surface area contributed by atoms with Gasteiger partial charge in [0.2, 0.25) is 11.7 Å². The third-order valence-corrected chi connectivity index (χ3v) is 5.23. The SMILES string of the molecule is O=C(CN1C(=O)S/C(=C\c2cccc(OC(=O)c3ccco3)c2)C1=O)Nc1ccccc1. The summed E-state index contributed by atoms with van der Waals surface area (Å²) in [4.78, 5) is 50.2. The van der Waals surface area contributed by atoms with E-state index in [0.29, 0.717) is 11.3 Å². The quantitative estimate of drug-likeness (QED) is 0.343. The summed E-state index contributed by atoms with van der Waals surface area (Å²) >= 11 is 0.738. The van der Waals surface area contributed by atoms with E-state index in [4.69, 9.17) is 9.15 Å². The van der Waals surface area contributed by atoms with E-state index in [9.17, 15) is 19.2 Å². The average molecular weight is 448 g/mol. The fraction of sp³-hybridized carbons (Fsp3) is 0.0435. The first-order valence-electron chi connectivity index (χ1n) is 9.45. The Labute approximate surface area is 186 Å². The van der Waals surface area contributed by atoms with Crippen LogP contribution in [0.15, 0.2) is 82.3 Å². The van der Waals surface area contributed by atoms with Crippen molar-refractivity contribution in [3.63, 3.8) is 0 Å². The number of benzene rings is 2. The van der Waals surface area contributed by atoms with Crippen LogP contribution in [0.4, 0.5) is 10.5 Å². The molecule has 2 heterocycles. The van der Waals surface area contributed by atoms with E-state index in [0.717, 1.165) is 16.7 Å². The number of hydrogen-bond acceptors (Lipinski definition) is 7. The van der Waals surface area contributed by atoms with Gasteiger partial charge in [-0.3, -0.25) is 19.3 Å². The van der Waals surface area contributed by atoms with Crippen LogP contribution in [0, 0.1) is 0 Å². The van der Waals surface area contributed by atoms with Gasteiger partial charge < -0.3 is 14.5 Å². The molecule has 3 aromatic rings. The van der Waals surface area contributed by atoms with Gasteiger partial charge in [0.15, 0.2) is 0 Å². The molecule has 3 amide bonds. The number of esters is 1. The molecule has 9 heteroatoms. The lowest BCUT2D eigenvalue weighted by Crippen LogP contribution is -2.36. The minimum atomic E-state index is -0.656. The zero-order valence-corrected chi connectivity index (χ0v) is 17.3. The number of carbonyl (C=O) groups is 4. The Balaban J connectivity index is 1.43. The van der Waals surface area contributed by atoms with E-state index in [-0.39, 0.29) is 16.4 Å². The first kappa shape index (κ1) is 21.1. The molecule has 1 aliphatic rings. The summed E-state index contributed by atoms with van der Waals surface area (Å²) in [5, 5.41) is 2.10. The fourth-order valence-electron chi connectivity index (χ4n) is 2.87. The number of hydrogen-bond donors (Lipinski definition) is 1. The Morgan fingerprint density at radius 3 is 2.59 bits per heavy atom. The summed E-state index contributed by atoms with van der Waals surface area (Å²) in [5.74, 6) is -1.39. The summed E-state index contributed by atoms with van der Waals surface area (Å²) in [5.41, 5.74) is 1.12. The third kappa shape index (κ3) is 4.96. The number of ether oxygens (including phenoxy) is 1. The number of imide groups is 1. The van der Waals surface area contributed by atoms with Gasteiger partial charge in [0.25, 0.3) is 11.1 Å². The average Bonchev–Trinajstić information content (AvgIpc) is 3.40. The van der Waals surface area contributed by atoms with Gasteiger partial charge in [-0.1, -0.05) is 30.3 Å². The predicted octanol–water partition coefficient (Wildman–Crippen LogP) is 4.17. The van der Waals surface area contributed by atoms with Crippen molar-refractivity contribution in [2.75, 3.05) is 11.9 Å². The van der Waals surface area contributed by atoms with Gasteiger partial charge in [-0.2, -0.15) is 0 Å². The second-order valence-corrected chi connectivity index (χ2v) is 7.61. The number of furan rings is 1. The van der Waals surface area contributed by atoms with Crippen LogP contribution in [0.3, 0.4) is 0 Å². The van der Waals surface area contributed by atoms with E-state index in [2.05, 4.69) is 5.32 Å². The number of anilines is 1. The first-order valence-corrected chi connectivity index (χ1v) is 10.3. The van der Waals surface area contributed by atoms with Crippen LogP contribution >= 0.6 is 11.8 Å². The lowest BCUT2D eigenvalue weighted by Gasteiger charge is -2.12. The van der Waals surface area contributed by atoms with Crippen LogP contribution < -0.4 is 10.1 Å². The number of thioether (sulfide) groups is 1. The highest BCUT2D eigenvalue weighted by atomic mass is 32.2. The molecule has 1 saturated heterocycles. The maximum atomic E-state index is 12.7. The minimum absolute atomic E-state index is 0.0605. The second kappa shape index (κ2) is 9.36. The summed E-state index contributed by atoms with van der Waals surface area (Å²) in [6.07, 6.45) is 2.87. The number of nitrogens with zero attached hydrogens (tertiary/aromatic N) is 1. The molecule has 2 aromatic carbocycles. The summed E-state index contributed by atoms with van der Waals surface area (Å²) in [6, 6.07) is 18.3. The highest BCUT2D eigenvalue weighted by Crippen LogP contribution is 2.32. The van der Waals surface area contributed by atoms with Crippen LogP contribution in [0.2, 0.25) is 0 Å². The van der Waals surface area contributed by atoms with E-state index >= 15 is 0 Å². The van der Waals surface area contributed by atoms with Crippen LogP contribution in [-0.2, 0) is 9.59 Å². The molecule has 0 aliphatic carbocycles. The van der Waals surface area contributed by atoms with Crippen LogP contribution in [0.25, 0.3) is 6.08 Å². The normalized spacial score (nSPS) is 14.6. The van der Waals surface area contributed by atoms with Gasteiger partial charge in [0, 0.05) is 5.69 Å². The maximum absolute atomic E-state index is 12.7. The Bertz CT molecular complexity index is 1200. The molecule has 0 spiro atoms. The monoisotopic (exact) mass is 448 g/mol. The molecule has 32 heavy (non-hydrogen) atoms. The van der Waals surface area contributed by atoms with E-state index in [1.165, 1.54) is 18.4 Å². The van der Waals surface area contributed by atoms with Gasteiger partial charge in [0.05, 0.1) is 11.2 Å². The summed E-state index contributed by atoms with van der Waals surface area (Å²) in [7, 11) is 0. The van der Waals surface area contributed by atoms with Crippen LogP contribution in [0.1, 0.15) is 16.1 Å². The molecule has 0 bridgehead atoms. The molecule has 1 aliphatic heterocycles. The fourth-order valence-corrected chi connectivity index (χ4v) is 3.71. The summed E-state index contributed by atoms with van der Waals surface area (Å²) < 4.78 is 10.3. The third-order valence-electron chi connectivity index (χ3n) is 4.32. The smallest absolute Gasteiger partial charge is 0.379 e. The Morgan fingerprint density at radius 2 is 1.84 bits per heavy atom. The summed E-state index contributed by atoms with van der Waals surface area (Å²) in [6.45, 7) is -0.391. The number of para-hydroxylation sites is 1. The molecule has 8 nitrogen and oxygen atoms in total. The van der Waals surface area contributed by atoms with Gasteiger partial charge in [-0.25, -0.2) is 4.79 Å². The maximum Gasteiger partial charge on any atom is 0.379 e. The van der Waals surface area contributed by atoms with Crippen LogP contribution in [-0.4, -0.2) is 34.5 Å². The standard InChI is InChI=1S/C23H16N2O6S/c26-20(24-16-7-2-1-3-8-16)14-25-21(27)19(32-23(25)29)13-15-6-4-9-17(12-15)31-22(28)18-10-5-11-30-18/h1-13H,14H2,(H,24,26)/b19-13-. The molecule has 1 N–H and O–H groups in total. The predicted molar refractivity (Wildman–Crippen MR) is 118 cm³/mol. The van der Waals surface area contributed by atoms with Crippen molar-refractivity contribution in [2.24, 2.45) is 0 Å². The molecule has 0 unspecified atom stereocenters. The van der Waals surface area contributed by atoms with Crippen molar-refractivity contribution in [2.45, 2.75) is 0 Å². The second-order valence-electron chi connectivity index (χ2n) is 6.62. The number of carbonyl (C=O) groups excluding carboxylic acids is 4. The molecule has 0 saturated carbocycles. The Hall–Kier alpha value is -4.11. The lowest BCUT2D eigenvalue weighted by atomic mass is 10.2. The van der Waals surface area contributed by atoms with Crippen molar-refractivity contribution in [1.82, 2.24) is 4.90 Å². The van der Waals surface area contributed by atoms with Crippen molar-refractivity contribution < 1.29 is 28.3 Å². The highest BCUT2D eigenvalue weighted by Gasteiger charge is 2.36.